The van der Waals surface area contributed by atoms with Crippen molar-refractivity contribution in [1.29, 1.82) is 0 Å². The number of aliphatic hydroxyl groups is 1. The van der Waals surface area contributed by atoms with Gasteiger partial charge in [-0.25, -0.2) is 0 Å². The van der Waals surface area contributed by atoms with E-state index in [0.29, 0.717) is 4.68 Å². The van der Waals surface area contributed by atoms with Crippen LogP contribution in [0, 0.1) is 0 Å². The predicted molar refractivity (Wildman–Crippen MR) is 61.2 cm³/mol. The van der Waals surface area contributed by atoms with Gasteiger partial charge >= 0.3 is 6.18 Å². The number of aromatic nitrogens is 3. The van der Waals surface area contributed by atoms with Crippen LogP contribution >= 0.6 is 0 Å². The lowest BCUT2D eigenvalue weighted by molar-refractivity contribution is -0.142. The second-order valence-corrected chi connectivity index (χ2v) is 3.96. The van der Waals surface area contributed by atoms with Gasteiger partial charge in [-0.1, -0.05) is 0 Å². The van der Waals surface area contributed by atoms with Crippen molar-refractivity contribution < 1.29 is 22.4 Å². The zero-order valence-corrected chi connectivity index (χ0v) is 9.59. The molecule has 19 heavy (non-hydrogen) atoms. The van der Waals surface area contributed by atoms with Gasteiger partial charge in [0.25, 0.3) is 0 Å². The normalized spacial score (nSPS) is 18.2. The van der Waals surface area contributed by atoms with Crippen LogP contribution in [-0.2, 0) is 12.1 Å². The summed E-state index contributed by atoms with van der Waals surface area (Å²) in [7, 11) is 0. The van der Waals surface area contributed by atoms with Gasteiger partial charge in [-0.15, -0.1) is 0 Å². The van der Waals surface area contributed by atoms with E-state index in [9.17, 15) is 18.3 Å². The summed E-state index contributed by atoms with van der Waals surface area (Å²) in [6, 6.07) is 3.60. The Morgan fingerprint density at radius 3 is 2.58 bits per heavy atom. The third-order valence-electron chi connectivity index (χ3n) is 2.45. The third-order valence-corrected chi connectivity index (χ3v) is 2.45. The van der Waals surface area contributed by atoms with Crippen molar-refractivity contribution in [3.63, 3.8) is 0 Å². The molecule has 0 bridgehead atoms. The summed E-state index contributed by atoms with van der Waals surface area (Å²) in [4.78, 5) is 3.72. The highest BCUT2D eigenvalue weighted by atomic mass is 19.4. The maximum Gasteiger partial charge on any atom is 0.408 e. The Bertz CT molecular complexity index is 642. The Hall–Kier alpha value is -1.89. The summed E-state index contributed by atoms with van der Waals surface area (Å²) < 4.78 is 60.2. The fourth-order valence-electron chi connectivity index (χ4n) is 1.57. The van der Waals surface area contributed by atoms with Crippen LogP contribution < -0.4 is 0 Å². The quantitative estimate of drug-likeness (QED) is 0.932. The minimum atomic E-state index is -4.50. The van der Waals surface area contributed by atoms with Crippen molar-refractivity contribution in [1.82, 2.24) is 14.8 Å². The molecule has 7 heteroatoms. The molecule has 0 aromatic carbocycles. The summed E-state index contributed by atoms with van der Waals surface area (Å²) >= 11 is 0. The molecule has 102 valence electrons. The van der Waals surface area contributed by atoms with Crippen molar-refractivity contribution in [2.75, 3.05) is 0 Å². The highest BCUT2D eigenvalue weighted by Crippen LogP contribution is 2.27. The van der Waals surface area contributed by atoms with E-state index in [1.807, 2.05) is 0 Å². The minimum absolute atomic E-state index is 0.0280. The van der Waals surface area contributed by atoms with E-state index in [-0.39, 0.29) is 11.3 Å². The lowest BCUT2D eigenvalue weighted by Gasteiger charge is -2.21. The van der Waals surface area contributed by atoms with E-state index in [1.165, 1.54) is 24.5 Å². The van der Waals surface area contributed by atoms with Crippen LogP contribution in [0.3, 0.4) is 0 Å². The van der Waals surface area contributed by atoms with Gasteiger partial charge in [0.05, 0.1) is 5.69 Å². The lowest BCUT2D eigenvalue weighted by atomic mass is 9.94. The standard InChI is InChI=1S/C12H12F3N3O/c1-11(19,9-2-5-16-6-3-9)10-4-7-18(17-10)8-12(13,14)15/h2-7,19H,8H2,1H3/i1D3. The Balaban J connectivity index is 2.48. The molecule has 1 unspecified atom stereocenters. The number of halogens is 3. The largest absolute Gasteiger partial charge is 0.408 e. The van der Waals surface area contributed by atoms with Crippen LogP contribution in [0.5, 0.6) is 0 Å². The van der Waals surface area contributed by atoms with E-state index in [1.54, 1.807) is 0 Å². The second-order valence-electron chi connectivity index (χ2n) is 3.96. The number of rotatable bonds is 3. The number of hydrogen-bond donors (Lipinski definition) is 1. The molecule has 1 N–H and O–H groups in total. The molecule has 0 aliphatic carbocycles. The van der Waals surface area contributed by atoms with Gasteiger partial charge in [-0.2, -0.15) is 18.3 Å². The van der Waals surface area contributed by atoms with E-state index >= 15 is 0 Å². The SMILES string of the molecule is [2H]C([2H])([2H])C(O)(c1ccncc1)c1ccn(CC(F)(F)F)n1. The van der Waals surface area contributed by atoms with Crippen molar-refractivity contribution >= 4 is 0 Å². The van der Waals surface area contributed by atoms with Crippen LogP contribution in [0.25, 0.3) is 0 Å². The second kappa shape index (κ2) is 4.65. The highest BCUT2D eigenvalue weighted by Gasteiger charge is 2.31. The smallest absolute Gasteiger partial charge is 0.379 e. The first-order chi connectivity index (χ1) is 10.0. The molecule has 0 aliphatic heterocycles. The minimum Gasteiger partial charge on any atom is -0.379 e. The Morgan fingerprint density at radius 2 is 2.00 bits per heavy atom. The van der Waals surface area contributed by atoms with Gasteiger partial charge in [-0.3, -0.25) is 9.67 Å². The molecule has 2 aromatic rings. The first-order valence-electron chi connectivity index (χ1n) is 6.77. The zero-order chi connectivity index (χ0) is 16.6. The van der Waals surface area contributed by atoms with Gasteiger partial charge in [-0.05, 0) is 30.6 Å². The molecule has 2 rings (SSSR count). The molecule has 0 aliphatic rings. The topological polar surface area (TPSA) is 50.9 Å². The van der Waals surface area contributed by atoms with Crippen molar-refractivity contribution in [3.05, 3.63) is 48.0 Å². The Morgan fingerprint density at radius 1 is 1.32 bits per heavy atom. The molecule has 4 nitrogen and oxygen atoms in total. The maximum absolute atomic E-state index is 12.4. The molecule has 1 atom stereocenters. The van der Waals surface area contributed by atoms with Crippen molar-refractivity contribution in [3.8, 4) is 0 Å². The van der Waals surface area contributed by atoms with Crippen molar-refractivity contribution in [2.45, 2.75) is 25.2 Å². The number of hydrogen-bond acceptors (Lipinski definition) is 3. The average molecular weight is 274 g/mol. The average Bonchev–Trinajstić information content (AvgIpc) is 2.84. The molecular weight excluding hydrogens is 259 g/mol. The van der Waals surface area contributed by atoms with Gasteiger partial charge in [0.15, 0.2) is 0 Å². The summed E-state index contributed by atoms with van der Waals surface area (Å²) in [5, 5.41) is 14.2. The van der Waals surface area contributed by atoms with E-state index in [4.69, 9.17) is 4.11 Å². The molecule has 0 radical (unpaired) electrons. The van der Waals surface area contributed by atoms with E-state index < -0.39 is 25.2 Å². The molecule has 2 aromatic heterocycles. The number of alkyl halides is 3. The van der Waals surface area contributed by atoms with Crippen LogP contribution in [-0.4, -0.2) is 26.0 Å². The zero-order valence-electron chi connectivity index (χ0n) is 12.6. The number of nitrogens with zero attached hydrogens (tertiary/aromatic N) is 3. The van der Waals surface area contributed by atoms with Crippen LogP contribution in [0.4, 0.5) is 13.2 Å². The Labute approximate surface area is 111 Å². The molecule has 0 spiro atoms. The third kappa shape index (κ3) is 3.11. The molecule has 2 heterocycles. The molecule has 0 saturated carbocycles. The van der Waals surface area contributed by atoms with E-state index in [2.05, 4.69) is 10.1 Å². The van der Waals surface area contributed by atoms with Crippen molar-refractivity contribution in [2.24, 2.45) is 0 Å². The van der Waals surface area contributed by atoms with Gasteiger partial charge in [0, 0.05) is 22.7 Å². The summed E-state index contributed by atoms with van der Waals surface area (Å²) in [5.74, 6) is 0. The van der Waals surface area contributed by atoms with Gasteiger partial charge in [0.2, 0.25) is 0 Å². The van der Waals surface area contributed by atoms with Crippen LogP contribution in [0.15, 0.2) is 36.8 Å². The fourth-order valence-corrected chi connectivity index (χ4v) is 1.57. The first-order valence-corrected chi connectivity index (χ1v) is 5.27. The molecule has 0 amide bonds. The van der Waals surface area contributed by atoms with Gasteiger partial charge < -0.3 is 5.11 Å². The lowest BCUT2D eigenvalue weighted by Crippen LogP contribution is -2.25. The van der Waals surface area contributed by atoms with Crippen LogP contribution in [0.2, 0.25) is 0 Å². The highest BCUT2D eigenvalue weighted by molar-refractivity contribution is 5.28. The summed E-state index contributed by atoms with van der Waals surface area (Å²) in [5.41, 5.74) is -2.94. The maximum atomic E-state index is 12.4. The Kier molecular flexibility index (Phi) is 2.44. The summed E-state index contributed by atoms with van der Waals surface area (Å²) in [6.45, 7) is -4.30. The van der Waals surface area contributed by atoms with Gasteiger partial charge in [0.1, 0.15) is 12.1 Å². The monoisotopic (exact) mass is 274 g/mol. The first kappa shape index (κ1) is 9.96. The molecule has 0 saturated heterocycles. The number of pyridine rings is 1. The van der Waals surface area contributed by atoms with Crippen LogP contribution in [0.1, 0.15) is 22.2 Å². The molecular formula is C12H12F3N3O. The predicted octanol–water partition coefficient (Wildman–Crippen LogP) is 2.10. The summed E-state index contributed by atoms with van der Waals surface area (Å²) in [6.07, 6.45) is -0.976. The fraction of sp³-hybridized carbons (Fsp3) is 0.333. The molecule has 0 fully saturated rings. The van der Waals surface area contributed by atoms with E-state index in [0.717, 1.165) is 12.3 Å².